The van der Waals surface area contributed by atoms with Gasteiger partial charge in [-0.2, -0.15) is 0 Å². The maximum absolute atomic E-state index is 13.2. The number of halogens is 1. The standard InChI is InChI=1S/C24H27ClN4O4S2/c1-14-10-19(25)4-5-20(14)29-35(31,32)21-12-18(13-26-15(21)2)23-16(3)27-24(34-23)28-22(30)11-17-6-8-33-9-7-17/h4-5,10,12-13,17,29H,6-9,11H2,1-3H3,(H,27,28,30). The SMILES string of the molecule is Cc1cc(Cl)ccc1NS(=O)(=O)c1cc(-c2sc(NC(=O)CC3CCOCC3)nc2C)cnc1C. The second-order valence-corrected chi connectivity index (χ2v) is 11.7. The van der Waals surface area contributed by atoms with Gasteiger partial charge in [-0.1, -0.05) is 22.9 Å². The summed E-state index contributed by atoms with van der Waals surface area (Å²) in [6.07, 6.45) is 3.81. The topological polar surface area (TPSA) is 110 Å². The Morgan fingerprint density at radius 1 is 1.17 bits per heavy atom. The summed E-state index contributed by atoms with van der Waals surface area (Å²) in [5.41, 5.74) is 2.83. The van der Waals surface area contributed by atoms with Gasteiger partial charge < -0.3 is 10.1 Å². The van der Waals surface area contributed by atoms with E-state index in [1.165, 1.54) is 11.3 Å². The Labute approximate surface area is 214 Å². The quantitative estimate of drug-likeness (QED) is 0.423. The lowest BCUT2D eigenvalue weighted by atomic mass is 9.96. The molecule has 1 aliphatic heterocycles. The molecule has 3 heterocycles. The number of ether oxygens (including phenoxy) is 1. The average molecular weight is 535 g/mol. The highest BCUT2D eigenvalue weighted by atomic mass is 35.5. The number of sulfonamides is 1. The van der Waals surface area contributed by atoms with Crippen LogP contribution in [0.25, 0.3) is 10.4 Å². The van der Waals surface area contributed by atoms with Crippen LogP contribution >= 0.6 is 22.9 Å². The van der Waals surface area contributed by atoms with Crippen LogP contribution in [0.1, 0.15) is 36.2 Å². The molecule has 1 fully saturated rings. The van der Waals surface area contributed by atoms with Crippen molar-refractivity contribution in [3.63, 3.8) is 0 Å². The predicted octanol–water partition coefficient (Wildman–Crippen LogP) is 5.34. The summed E-state index contributed by atoms with van der Waals surface area (Å²) >= 11 is 7.29. The van der Waals surface area contributed by atoms with Crippen LogP contribution in [0.2, 0.25) is 5.02 Å². The van der Waals surface area contributed by atoms with Crippen LogP contribution in [0.4, 0.5) is 10.8 Å². The molecule has 1 aromatic carbocycles. The van der Waals surface area contributed by atoms with Gasteiger partial charge in [0.1, 0.15) is 4.90 Å². The number of nitrogens with zero attached hydrogens (tertiary/aromatic N) is 2. The number of aryl methyl sites for hydroxylation is 3. The van der Waals surface area contributed by atoms with Crippen LogP contribution in [-0.2, 0) is 19.6 Å². The molecule has 0 unspecified atom stereocenters. The molecule has 2 aromatic heterocycles. The number of thiazole rings is 1. The Morgan fingerprint density at radius 3 is 2.63 bits per heavy atom. The highest BCUT2D eigenvalue weighted by Crippen LogP contribution is 2.35. The molecule has 0 bridgehead atoms. The van der Waals surface area contributed by atoms with Gasteiger partial charge in [-0.25, -0.2) is 13.4 Å². The number of benzene rings is 1. The van der Waals surface area contributed by atoms with Gasteiger partial charge in [0.15, 0.2) is 5.13 Å². The van der Waals surface area contributed by atoms with Gasteiger partial charge in [0.05, 0.1) is 22.0 Å². The molecule has 1 saturated heterocycles. The largest absolute Gasteiger partial charge is 0.381 e. The maximum atomic E-state index is 13.2. The molecule has 11 heteroatoms. The molecular weight excluding hydrogens is 508 g/mol. The summed E-state index contributed by atoms with van der Waals surface area (Å²) in [6.45, 7) is 6.63. The third kappa shape index (κ3) is 6.19. The molecule has 0 aliphatic carbocycles. The van der Waals surface area contributed by atoms with Crippen molar-refractivity contribution in [1.29, 1.82) is 0 Å². The number of amides is 1. The van der Waals surface area contributed by atoms with Gasteiger partial charge >= 0.3 is 0 Å². The molecule has 0 atom stereocenters. The number of hydrogen-bond donors (Lipinski definition) is 2. The molecule has 1 amide bonds. The van der Waals surface area contributed by atoms with E-state index in [2.05, 4.69) is 20.0 Å². The Hall–Kier alpha value is -2.53. The first-order chi connectivity index (χ1) is 16.6. The number of aromatic nitrogens is 2. The van der Waals surface area contributed by atoms with Crippen molar-refractivity contribution in [2.75, 3.05) is 23.3 Å². The van der Waals surface area contributed by atoms with Crippen molar-refractivity contribution >= 4 is 49.7 Å². The first-order valence-electron chi connectivity index (χ1n) is 11.2. The van der Waals surface area contributed by atoms with Crippen LogP contribution in [-0.4, -0.2) is 37.5 Å². The van der Waals surface area contributed by atoms with Crippen LogP contribution in [0.3, 0.4) is 0 Å². The lowest BCUT2D eigenvalue weighted by molar-refractivity contribution is -0.117. The first kappa shape index (κ1) is 25.6. The summed E-state index contributed by atoms with van der Waals surface area (Å²) in [5, 5.41) is 3.90. The zero-order valence-electron chi connectivity index (χ0n) is 19.7. The number of pyridine rings is 1. The summed E-state index contributed by atoms with van der Waals surface area (Å²) in [4.78, 5) is 22.1. The smallest absolute Gasteiger partial charge is 0.263 e. The van der Waals surface area contributed by atoms with Crippen molar-refractivity contribution in [3.05, 3.63) is 52.4 Å². The second-order valence-electron chi connectivity index (χ2n) is 8.61. The van der Waals surface area contributed by atoms with Crippen molar-refractivity contribution in [3.8, 4) is 10.4 Å². The van der Waals surface area contributed by atoms with E-state index in [0.717, 1.165) is 17.7 Å². The monoisotopic (exact) mass is 534 g/mol. The van der Waals surface area contributed by atoms with Gasteiger partial charge in [-0.05, 0) is 69.4 Å². The van der Waals surface area contributed by atoms with Crippen LogP contribution in [0.15, 0.2) is 35.4 Å². The highest BCUT2D eigenvalue weighted by molar-refractivity contribution is 7.92. The number of carbonyl (C=O) groups is 1. The maximum Gasteiger partial charge on any atom is 0.263 e. The van der Waals surface area contributed by atoms with Gasteiger partial charge in [-0.15, -0.1) is 0 Å². The molecule has 0 spiro atoms. The summed E-state index contributed by atoms with van der Waals surface area (Å²) in [6, 6.07) is 6.54. The van der Waals surface area contributed by atoms with Crippen molar-refractivity contribution in [1.82, 2.24) is 9.97 Å². The minimum Gasteiger partial charge on any atom is -0.381 e. The second kappa shape index (κ2) is 10.6. The van der Waals surface area contributed by atoms with E-state index in [-0.39, 0.29) is 10.8 Å². The Bertz CT molecular complexity index is 1350. The fraction of sp³-hybridized carbons (Fsp3) is 0.375. The summed E-state index contributed by atoms with van der Waals surface area (Å²) < 4.78 is 34.4. The number of nitrogens with one attached hydrogen (secondary N) is 2. The molecule has 35 heavy (non-hydrogen) atoms. The number of anilines is 2. The minimum atomic E-state index is -3.90. The zero-order chi connectivity index (χ0) is 25.2. The minimum absolute atomic E-state index is 0.0715. The summed E-state index contributed by atoms with van der Waals surface area (Å²) in [5.74, 6) is 0.236. The van der Waals surface area contributed by atoms with E-state index in [0.29, 0.717) is 63.9 Å². The molecule has 1 aliphatic rings. The van der Waals surface area contributed by atoms with Crippen molar-refractivity contribution in [2.45, 2.75) is 44.9 Å². The molecule has 8 nitrogen and oxygen atoms in total. The third-order valence-corrected chi connectivity index (χ3v) is 8.72. The van der Waals surface area contributed by atoms with Gasteiger partial charge in [0.2, 0.25) is 5.91 Å². The lowest BCUT2D eigenvalue weighted by Crippen LogP contribution is -2.22. The molecule has 0 saturated carbocycles. The Morgan fingerprint density at radius 2 is 1.91 bits per heavy atom. The van der Waals surface area contributed by atoms with E-state index in [9.17, 15) is 13.2 Å². The molecule has 0 radical (unpaired) electrons. The van der Waals surface area contributed by atoms with Crippen LogP contribution in [0, 0.1) is 26.7 Å². The molecular formula is C24H27ClN4O4S2. The summed E-state index contributed by atoms with van der Waals surface area (Å²) in [7, 11) is -3.90. The van der Waals surface area contributed by atoms with Crippen molar-refractivity contribution in [2.24, 2.45) is 5.92 Å². The zero-order valence-corrected chi connectivity index (χ0v) is 22.1. The fourth-order valence-electron chi connectivity index (χ4n) is 3.95. The number of hydrogen-bond acceptors (Lipinski definition) is 7. The van der Waals surface area contributed by atoms with Gasteiger partial charge in [-0.3, -0.25) is 14.5 Å². The Balaban J connectivity index is 1.55. The number of carbonyl (C=O) groups excluding carboxylic acids is 1. The van der Waals surface area contributed by atoms with Crippen molar-refractivity contribution < 1.29 is 17.9 Å². The fourth-order valence-corrected chi connectivity index (χ4v) is 6.49. The van der Waals surface area contributed by atoms with Gasteiger partial charge in [0, 0.05) is 36.4 Å². The van der Waals surface area contributed by atoms with E-state index >= 15 is 0 Å². The van der Waals surface area contributed by atoms with E-state index in [4.69, 9.17) is 16.3 Å². The third-order valence-electron chi connectivity index (χ3n) is 5.88. The van der Waals surface area contributed by atoms with E-state index in [1.54, 1.807) is 44.3 Å². The number of rotatable bonds is 7. The molecule has 4 rings (SSSR count). The highest BCUT2D eigenvalue weighted by Gasteiger charge is 2.22. The van der Waals surface area contributed by atoms with Crippen LogP contribution < -0.4 is 10.0 Å². The first-order valence-corrected chi connectivity index (χ1v) is 13.9. The normalized spacial score (nSPS) is 14.6. The molecule has 2 N–H and O–H groups in total. The van der Waals surface area contributed by atoms with Gasteiger partial charge in [0.25, 0.3) is 10.0 Å². The molecule has 3 aromatic rings. The lowest BCUT2D eigenvalue weighted by Gasteiger charge is -2.20. The average Bonchev–Trinajstić information content (AvgIpc) is 3.16. The van der Waals surface area contributed by atoms with E-state index in [1.807, 2.05) is 6.92 Å². The van der Waals surface area contributed by atoms with E-state index < -0.39 is 10.0 Å². The van der Waals surface area contributed by atoms with Crippen LogP contribution in [0.5, 0.6) is 0 Å². The Kier molecular flexibility index (Phi) is 7.75. The molecule has 186 valence electrons. The predicted molar refractivity (Wildman–Crippen MR) is 139 cm³/mol.